The topological polar surface area (TPSA) is 88.5 Å². The molecule has 1 N–H and O–H groups in total. The molecule has 1 aliphatic heterocycles. The molecule has 10 heteroatoms. The van der Waals surface area contributed by atoms with Gasteiger partial charge in [0.15, 0.2) is 24.8 Å². The summed E-state index contributed by atoms with van der Waals surface area (Å²) in [6, 6.07) is 5.30. The number of alkyl halides is 3. The second-order valence-electron chi connectivity index (χ2n) is 4.41. The van der Waals surface area contributed by atoms with Crippen LogP contribution in [0, 0.1) is 0 Å². The number of hydrogen-bond acceptors (Lipinski definition) is 5. The summed E-state index contributed by atoms with van der Waals surface area (Å²) in [6.07, 6.45) is -5.46. The van der Waals surface area contributed by atoms with Crippen molar-refractivity contribution >= 4 is 19.7 Å². The van der Waals surface area contributed by atoms with Crippen molar-refractivity contribution in [3.05, 3.63) is 35.9 Å². The van der Waals surface area contributed by atoms with Gasteiger partial charge in [-0.25, -0.2) is 16.8 Å². The summed E-state index contributed by atoms with van der Waals surface area (Å²) < 4.78 is 82.4. The molecule has 0 bridgehead atoms. The lowest BCUT2D eigenvalue weighted by Gasteiger charge is -2.41. The summed E-state index contributed by atoms with van der Waals surface area (Å²) in [7, 11) is -9.15. The van der Waals surface area contributed by atoms with Crippen LogP contribution in [0.4, 0.5) is 13.2 Å². The van der Waals surface area contributed by atoms with Gasteiger partial charge in [0, 0.05) is 0 Å². The Morgan fingerprint density at radius 1 is 1.00 bits per heavy atom. The van der Waals surface area contributed by atoms with E-state index < -0.39 is 46.7 Å². The number of hydrogen-bond donors (Lipinski definition) is 1. The van der Waals surface area contributed by atoms with E-state index in [4.69, 9.17) is 0 Å². The maximum atomic E-state index is 13.2. The lowest BCUT2D eigenvalue weighted by atomic mass is 9.95. The summed E-state index contributed by atoms with van der Waals surface area (Å²) >= 11 is 0. The van der Waals surface area contributed by atoms with Gasteiger partial charge in [0.1, 0.15) is 0 Å². The van der Waals surface area contributed by atoms with Gasteiger partial charge in [0.25, 0.3) is 0 Å². The van der Waals surface area contributed by atoms with Crippen LogP contribution in [0.1, 0.15) is 5.56 Å². The van der Waals surface area contributed by atoms with Crippen LogP contribution in [0.5, 0.6) is 0 Å². The van der Waals surface area contributed by atoms with E-state index in [1.54, 1.807) is 0 Å². The third-order valence-electron chi connectivity index (χ3n) is 2.97. The van der Waals surface area contributed by atoms with Crippen LogP contribution in [-0.2, 0) is 25.3 Å². The number of rotatable bonds is 2. The third-order valence-corrected chi connectivity index (χ3v) is 9.34. The summed E-state index contributed by atoms with van der Waals surface area (Å²) in [5.41, 5.74) is -4.81. The lowest BCUT2D eigenvalue weighted by Crippen LogP contribution is -2.64. The molecular weight excluding hydrogens is 321 g/mol. The fourth-order valence-electron chi connectivity index (χ4n) is 2.15. The molecule has 0 aromatic heterocycles. The van der Waals surface area contributed by atoms with E-state index in [0.29, 0.717) is 0 Å². The molecule has 0 spiro atoms. The highest BCUT2D eigenvalue weighted by Gasteiger charge is 2.72. The molecule has 20 heavy (non-hydrogen) atoms. The van der Waals surface area contributed by atoms with Crippen molar-refractivity contribution < 1.29 is 35.1 Å². The molecule has 112 valence electrons. The van der Waals surface area contributed by atoms with Crippen LogP contribution in [0.2, 0.25) is 0 Å². The molecule has 0 saturated carbocycles. The maximum absolute atomic E-state index is 13.2. The molecule has 0 aliphatic carbocycles. The van der Waals surface area contributed by atoms with Gasteiger partial charge in [-0.2, -0.15) is 13.2 Å². The second-order valence-corrected chi connectivity index (χ2v) is 9.24. The normalized spacial score (nSPS) is 24.6. The largest absolute Gasteiger partial charge is 0.423 e. The summed E-state index contributed by atoms with van der Waals surface area (Å²) in [4.78, 5) is 0. The first-order chi connectivity index (χ1) is 8.93. The molecule has 0 radical (unpaired) electrons. The van der Waals surface area contributed by atoms with E-state index in [2.05, 4.69) is 0 Å². The monoisotopic (exact) mass is 330 g/mol. The highest BCUT2D eigenvalue weighted by Crippen LogP contribution is 2.49. The Labute approximate surface area is 112 Å². The van der Waals surface area contributed by atoms with Gasteiger partial charge in [-0.05, 0) is 5.56 Å². The molecule has 1 unspecified atom stereocenters. The van der Waals surface area contributed by atoms with E-state index in [9.17, 15) is 35.1 Å². The number of sulfone groups is 2. The van der Waals surface area contributed by atoms with Crippen molar-refractivity contribution in [1.29, 1.82) is 0 Å². The van der Waals surface area contributed by atoms with Crippen molar-refractivity contribution in [3.8, 4) is 0 Å². The molecule has 1 aliphatic rings. The van der Waals surface area contributed by atoms with Gasteiger partial charge in [-0.3, -0.25) is 0 Å². The first-order valence-corrected chi connectivity index (χ1v) is 8.64. The summed E-state index contributed by atoms with van der Waals surface area (Å²) in [5.74, 6) is 0. The molecule has 1 fully saturated rings. The average molecular weight is 330 g/mol. The highest BCUT2D eigenvalue weighted by atomic mass is 32.3. The van der Waals surface area contributed by atoms with Gasteiger partial charge in [0.2, 0.25) is 10.2 Å². The highest BCUT2D eigenvalue weighted by molar-refractivity contribution is 8.24. The average Bonchev–Trinajstić information content (AvgIpc) is 2.25. The maximum Gasteiger partial charge on any atom is 0.423 e. The Morgan fingerprint density at radius 3 is 1.80 bits per heavy atom. The van der Waals surface area contributed by atoms with Gasteiger partial charge < -0.3 is 5.11 Å². The molecule has 0 amide bonds. The quantitative estimate of drug-likeness (QED) is 0.856. The van der Waals surface area contributed by atoms with Gasteiger partial charge in [-0.15, -0.1) is 0 Å². The minimum Gasteiger partial charge on any atom is -0.375 e. The molecule has 1 atom stereocenters. The molecule has 2 rings (SSSR count). The van der Waals surface area contributed by atoms with Crippen LogP contribution in [0.3, 0.4) is 0 Å². The van der Waals surface area contributed by atoms with Gasteiger partial charge in [0.05, 0.1) is 0 Å². The van der Waals surface area contributed by atoms with Gasteiger partial charge in [-0.1, -0.05) is 30.3 Å². The predicted molar refractivity (Wildman–Crippen MR) is 62.9 cm³/mol. The van der Waals surface area contributed by atoms with Gasteiger partial charge >= 0.3 is 6.18 Å². The molecular formula is C10H9F3O5S2. The van der Waals surface area contributed by atoms with E-state index in [1.807, 2.05) is 0 Å². The summed E-state index contributed by atoms with van der Waals surface area (Å²) in [6.45, 7) is 0. The minimum absolute atomic E-state index is 0.829. The Kier molecular flexibility index (Phi) is 3.19. The Hall–Kier alpha value is -1.13. The second kappa shape index (κ2) is 4.18. The van der Waals surface area contributed by atoms with Crippen molar-refractivity contribution in [1.82, 2.24) is 0 Å². The molecule has 1 aromatic carbocycles. The van der Waals surface area contributed by atoms with Crippen molar-refractivity contribution in [3.63, 3.8) is 0 Å². The lowest BCUT2D eigenvalue weighted by molar-refractivity contribution is -0.261. The zero-order valence-electron chi connectivity index (χ0n) is 9.70. The van der Waals surface area contributed by atoms with E-state index in [-0.39, 0.29) is 0 Å². The van der Waals surface area contributed by atoms with Crippen LogP contribution in [0.25, 0.3) is 0 Å². The molecule has 5 nitrogen and oxygen atoms in total. The van der Waals surface area contributed by atoms with Crippen LogP contribution in [-0.4, -0.2) is 37.8 Å². The number of halogens is 3. The third kappa shape index (κ3) is 2.02. The first-order valence-electron chi connectivity index (χ1n) is 5.21. The number of benzene rings is 1. The van der Waals surface area contributed by atoms with E-state index in [1.165, 1.54) is 6.07 Å². The fourth-order valence-corrected chi connectivity index (χ4v) is 7.73. The zero-order valence-corrected chi connectivity index (χ0v) is 11.3. The van der Waals surface area contributed by atoms with Crippen LogP contribution >= 0.6 is 0 Å². The Bertz CT molecular complexity index is 692. The minimum atomic E-state index is -5.46. The smallest absolute Gasteiger partial charge is 0.375 e. The van der Waals surface area contributed by atoms with Crippen LogP contribution < -0.4 is 0 Å². The number of aliphatic hydroxyl groups is 1. The zero-order chi connectivity index (χ0) is 15.4. The predicted octanol–water partition coefficient (Wildman–Crippen LogP) is 0.563. The van der Waals surface area contributed by atoms with E-state index in [0.717, 1.165) is 24.3 Å². The summed E-state index contributed by atoms with van der Waals surface area (Å²) in [5, 5.41) is 8.53. The van der Waals surface area contributed by atoms with Crippen molar-refractivity contribution in [2.75, 3.05) is 5.08 Å². The molecule has 1 aromatic rings. The molecule has 1 saturated heterocycles. The van der Waals surface area contributed by atoms with E-state index >= 15 is 0 Å². The fraction of sp³-hybridized carbons (Fsp3) is 0.400. The Balaban J connectivity index is 2.74. The SMILES string of the molecule is O=S1(=O)CS(=O)(=O)C1C(O)(c1ccccc1)C(F)(F)F. The van der Waals surface area contributed by atoms with Crippen molar-refractivity contribution in [2.24, 2.45) is 0 Å². The standard InChI is InChI=1S/C10H9F3O5S2/c11-10(12,13)9(14,7-4-2-1-3-5-7)8-19(15,16)6-20(8,17)18/h1-5,8,14H,6H2. The Morgan fingerprint density at radius 2 is 1.45 bits per heavy atom. The molecule has 1 heterocycles. The van der Waals surface area contributed by atoms with Crippen molar-refractivity contribution in [2.45, 2.75) is 16.4 Å². The van der Waals surface area contributed by atoms with Crippen LogP contribution in [0.15, 0.2) is 30.3 Å². The first kappa shape index (κ1) is 15.3.